The topological polar surface area (TPSA) is 54.9 Å². The lowest BCUT2D eigenvalue weighted by Crippen LogP contribution is -2.35. The van der Waals surface area contributed by atoms with E-state index >= 15 is 0 Å². The second-order valence-corrected chi connectivity index (χ2v) is 4.60. The molecule has 2 rings (SSSR count). The van der Waals surface area contributed by atoms with Crippen LogP contribution in [-0.4, -0.2) is 9.55 Å². The van der Waals surface area contributed by atoms with E-state index in [0.717, 1.165) is 10.1 Å². The van der Waals surface area contributed by atoms with Gasteiger partial charge >= 0.3 is 5.69 Å². The Labute approximate surface area is 97.3 Å². The third kappa shape index (κ3) is 2.10. The summed E-state index contributed by atoms with van der Waals surface area (Å²) in [6.45, 7) is 0.303. The van der Waals surface area contributed by atoms with Gasteiger partial charge in [-0.05, 0) is 38.3 Å². The molecule has 78 valence electrons. The van der Waals surface area contributed by atoms with E-state index < -0.39 is 5.69 Å². The van der Waals surface area contributed by atoms with Gasteiger partial charge in [0.1, 0.15) is 0 Å². The van der Waals surface area contributed by atoms with Crippen LogP contribution in [0.2, 0.25) is 0 Å². The summed E-state index contributed by atoms with van der Waals surface area (Å²) in [6, 6.07) is 1.89. The quantitative estimate of drug-likeness (QED) is 0.908. The van der Waals surface area contributed by atoms with Crippen LogP contribution in [0.5, 0.6) is 0 Å². The Morgan fingerprint density at radius 3 is 2.93 bits per heavy atom. The lowest BCUT2D eigenvalue weighted by molar-refractivity contribution is 0.695. The minimum atomic E-state index is -0.394. The van der Waals surface area contributed by atoms with E-state index in [4.69, 9.17) is 0 Å². The van der Waals surface area contributed by atoms with Crippen LogP contribution in [0.3, 0.4) is 0 Å². The molecule has 0 amide bonds. The Morgan fingerprint density at radius 1 is 1.47 bits per heavy atom. The maximum atomic E-state index is 11.6. The molecule has 1 N–H and O–H groups in total. The Bertz CT molecular complexity index is 571. The molecule has 0 bridgehead atoms. The molecule has 0 saturated heterocycles. The molecular weight excluding hydrogens is 280 g/mol. The van der Waals surface area contributed by atoms with Crippen molar-refractivity contribution in [2.75, 3.05) is 0 Å². The minimum absolute atomic E-state index is 0.303. The van der Waals surface area contributed by atoms with Crippen molar-refractivity contribution in [2.24, 2.45) is 0 Å². The number of hydrogen-bond donors (Lipinski definition) is 1. The lowest BCUT2D eigenvalue weighted by Gasteiger charge is -2.02. The van der Waals surface area contributed by atoms with E-state index in [2.05, 4.69) is 20.9 Å². The average molecular weight is 287 g/mol. The summed E-state index contributed by atoms with van der Waals surface area (Å²) in [4.78, 5) is 25.5. The highest BCUT2D eigenvalue weighted by atomic mass is 79.9. The van der Waals surface area contributed by atoms with Crippen LogP contribution in [0.4, 0.5) is 0 Å². The van der Waals surface area contributed by atoms with Gasteiger partial charge in [0, 0.05) is 6.20 Å². The van der Waals surface area contributed by atoms with Crippen LogP contribution in [-0.2, 0) is 6.54 Å². The fourth-order valence-corrected chi connectivity index (χ4v) is 2.18. The molecule has 0 saturated carbocycles. The molecule has 0 aliphatic rings. The van der Waals surface area contributed by atoms with Gasteiger partial charge in [0.2, 0.25) is 0 Å². The number of aromatic amines is 1. The highest BCUT2D eigenvalue weighted by Gasteiger charge is 2.05. The first-order valence-corrected chi connectivity index (χ1v) is 5.91. The zero-order valence-corrected chi connectivity index (χ0v) is 9.97. The Hall–Kier alpha value is -1.14. The summed E-state index contributed by atoms with van der Waals surface area (Å²) in [7, 11) is 0. The minimum Gasteiger partial charge on any atom is -0.313 e. The first-order valence-electron chi connectivity index (χ1n) is 4.17. The number of rotatable bonds is 2. The van der Waals surface area contributed by atoms with Gasteiger partial charge in [0.05, 0.1) is 11.0 Å². The van der Waals surface area contributed by atoms with Crippen molar-refractivity contribution in [3.8, 4) is 0 Å². The monoisotopic (exact) mass is 286 g/mol. The zero-order chi connectivity index (χ0) is 10.8. The second kappa shape index (κ2) is 4.16. The van der Waals surface area contributed by atoms with Gasteiger partial charge < -0.3 is 4.98 Å². The maximum absolute atomic E-state index is 11.6. The number of thiophene rings is 1. The molecule has 2 heterocycles. The van der Waals surface area contributed by atoms with Crippen LogP contribution >= 0.6 is 27.3 Å². The molecule has 2 aromatic heterocycles. The number of H-pyrrole nitrogens is 1. The van der Waals surface area contributed by atoms with Gasteiger partial charge in [-0.25, -0.2) is 4.79 Å². The number of nitrogens with one attached hydrogen (secondary N) is 1. The van der Waals surface area contributed by atoms with E-state index in [1.807, 2.05) is 16.8 Å². The van der Waals surface area contributed by atoms with Crippen molar-refractivity contribution in [2.45, 2.75) is 6.54 Å². The van der Waals surface area contributed by atoms with Crippen molar-refractivity contribution in [3.63, 3.8) is 0 Å². The number of halogens is 1. The van der Waals surface area contributed by atoms with Crippen LogP contribution in [0.15, 0.2) is 37.1 Å². The SMILES string of the molecule is O=c1[nH]cc(Br)c(=O)n1Cc1ccsc1. The molecule has 0 radical (unpaired) electrons. The molecule has 4 nitrogen and oxygen atoms in total. The van der Waals surface area contributed by atoms with Gasteiger partial charge in [0.25, 0.3) is 5.56 Å². The fourth-order valence-electron chi connectivity index (χ4n) is 1.19. The van der Waals surface area contributed by atoms with Gasteiger partial charge in [-0.3, -0.25) is 9.36 Å². The highest BCUT2D eigenvalue weighted by molar-refractivity contribution is 9.10. The summed E-state index contributed by atoms with van der Waals surface area (Å²) in [5.41, 5.74) is 0.241. The van der Waals surface area contributed by atoms with Crippen molar-refractivity contribution in [1.29, 1.82) is 0 Å². The van der Waals surface area contributed by atoms with Crippen LogP contribution in [0.25, 0.3) is 0 Å². The van der Waals surface area contributed by atoms with Crippen molar-refractivity contribution in [3.05, 3.63) is 53.9 Å². The normalized spacial score (nSPS) is 10.5. The Morgan fingerprint density at radius 2 is 2.27 bits per heavy atom. The van der Waals surface area contributed by atoms with Crippen molar-refractivity contribution >= 4 is 27.3 Å². The van der Waals surface area contributed by atoms with E-state index in [1.54, 1.807) is 0 Å². The third-order valence-electron chi connectivity index (χ3n) is 1.94. The number of nitrogens with zero attached hydrogens (tertiary/aromatic N) is 1. The molecule has 0 aliphatic carbocycles. The summed E-state index contributed by atoms with van der Waals surface area (Å²) < 4.78 is 1.52. The molecular formula is C9H7BrN2O2S. The summed E-state index contributed by atoms with van der Waals surface area (Å²) in [6.07, 6.45) is 1.36. The van der Waals surface area contributed by atoms with Crippen LogP contribution in [0, 0.1) is 0 Å². The molecule has 6 heteroatoms. The van der Waals surface area contributed by atoms with Gasteiger partial charge in [0.15, 0.2) is 0 Å². The van der Waals surface area contributed by atoms with Gasteiger partial charge in [-0.1, -0.05) is 0 Å². The number of aromatic nitrogens is 2. The first kappa shape index (κ1) is 10.4. The molecule has 0 unspecified atom stereocenters. The highest BCUT2D eigenvalue weighted by Crippen LogP contribution is 2.06. The second-order valence-electron chi connectivity index (χ2n) is 2.96. The lowest BCUT2D eigenvalue weighted by atomic mass is 10.3. The molecule has 0 spiro atoms. The molecule has 0 aromatic carbocycles. The van der Waals surface area contributed by atoms with Crippen LogP contribution in [0.1, 0.15) is 5.56 Å². The Balaban J connectivity index is 2.49. The van der Waals surface area contributed by atoms with E-state index in [0.29, 0.717) is 11.0 Å². The van der Waals surface area contributed by atoms with E-state index in [-0.39, 0.29) is 5.56 Å². The molecule has 2 aromatic rings. The third-order valence-corrected chi connectivity index (χ3v) is 3.24. The maximum Gasteiger partial charge on any atom is 0.328 e. The zero-order valence-electron chi connectivity index (χ0n) is 7.57. The average Bonchev–Trinajstić information content (AvgIpc) is 2.71. The molecule has 0 atom stereocenters. The molecule has 15 heavy (non-hydrogen) atoms. The predicted octanol–water partition coefficient (Wildman–Crippen LogP) is 1.41. The van der Waals surface area contributed by atoms with Gasteiger partial charge in [-0.2, -0.15) is 11.3 Å². The summed E-state index contributed by atoms with van der Waals surface area (Å²) >= 11 is 4.62. The number of hydrogen-bond acceptors (Lipinski definition) is 3. The standard InChI is InChI=1S/C9H7BrN2O2S/c10-7-3-11-9(14)12(8(7)13)4-6-1-2-15-5-6/h1-3,5H,4H2,(H,11,14). The van der Waals surface area contributed by atoms with E-state index in [1.165, 1.54) is 17.5 Å². The van der Waals surface area contributed by atoms with Crippen molar-refractivity contribution < 1.29 is 0 Å². The molecule has 0 fully saturated rings. The smallest absolute Gasteiger partial charge is 0.313 e. The Kier molecular flexibility index (Phi) is 2.88. The van der Waals surface area contributed by atoms with E-state index in [9.17, 15) is 9.59 Å². The fraction of sp³-hybridized carbons (Fsp3) is 0.111. The summed E-state index contributed by atoms with van der Waals surface area (Å²) in [5, 5.41) is 3.82. The molecule has 0 aliphatic heterocycles. The van der Waals surface area contributed by atoms with Crippen LogP contribution < -0.4 is 11.2 Å². The van der Waals surface area contributed by atoms with Crippen molar-refractivity contribution in [1.82, 2.24) is 9.55 Å². The largest absolute Gasteiger partial charge is 0.328 e. The first-order chi connectivity index (χ1) is 7.18. The summed E-state index contributed by atoms with van der Waals surface area (Å²) in [5.74, 6) is 0. The van der Waals surface area contributed by atoms with Gasteiger partial charge in [-0.15, -0.1) is 0 Å². The predicted molar refractivity (Wildman–Crippen MR) is 62.4 cm³/mol.